The summed E-state index contributed by atoms with van der Waals surface area (Å²) in [5.41, 5.74) is 1.27. The maximum atomic E-state index is 15.2. The SMILES string of the molecule is CCCCCOc1cnc(-c2ccc3c(F)c(CCc4cc(F)c(OC(F)F)c(F)c4)ccc3c2)nc1. The van der Waals surface area contributed by atoms with Crippen molar-refractivity contribution in [3.05, 3.63) is 83.4 Å². The maximum Gasteiger partial charge on any atom is 0.387 e. The lowest BCUT2D eigenvalue weighted by molar-refractivity contribution is -0.0546. The van der Waals surface area contributed by atoms with Crippen LogP contribution in [-0.4, -0.2) is 23.2 Å². The van der Waals surface area contributed by atoms with Gasteiger partial charge in [-0.15, -0.1) is 0 Å². The van der Waals surface area contributed by atoms with Gasteiger partial charge >= 0.3 is 6.61 Å². The van der Waals surface area contributed by atoms with E-state index in [0.717, 1.165) is 31.4 Å². The highest BCUT2D eigenvalue weighted by atomic mass is 19.3. The summed E-state index contributed by atoms with van der Waals surface area (Å²) < 4.78 is 77.3. The first-order valence-corrected chi connectivity index (χ1v) is 11.9. The molecule has 9 heteroatoms. The molecule has 4 nitrogen and oxygen atoms in total. The predicted octanol–water partition coefficient (Wildman–Crippen LogP) is 7.67. The molecule has 3 aromatic carbocycles. The van der Waals surface area contributed by atoms with E-state index in [9.17, 15) is 17.6 Å². The molecular weight excluding hydrogens is 491 g/mol. The fourth-order valence-electron chi connectivity index (χ4n) is 3.99. The standard InChI is InChI=1S/C28H25F5N2O2/c1-2-3-4-11-36-21-15-34-27(35-16-21)20-9-10-22-19(14-20)8-7-18(25(22)31)6-5-17-12-23(29)26(24(30)13-17)37-28(32)33/h7-10,12-16,28H,2-6,11H2,1H3. The molecule has 0 aliphatic rings. The first kappa shape index (κ1) is 26.3. The van der Waals surface area contributed by atoms with Crippen molar-refractivity contribution < 1.29 is 31.4 Å². The molecule has 0 aliphatic heterocycles. The summed E-state index contributed by atoms with van der Waals surface area (Å²) in [6.07, 6.45) is 6.65. The lowest BCUT2D eigenvalue weighted by Gasteiger charge is -2.11. The molecule has 0 N–H and O–H groups in total. The lowest BCUT2D eigenvalue weighted by Crippen LogP contribution is -2.06. The quantitative estimate of drug-likeness (QED) is 0.152. The number of ether oxygens (including phenoxy) is 2. The smallest absolute Gasteiger partial charge is 0.387 e. The number of aromatic nitrogens is 2. The zero-order chi connectivity index (χ0) is 26.4. The van der Waals surface area contributed by atoms with Crippen molar-refractivity contribution in [1.29, 1.82) is 0 Å². The molecule has 0 fully saturated rings. The number of aryl methyl sites for hydroxylation is 2. The molecule has 0 bridgehead atoms. The second kappa shape index (κ2) is 12.0. The van der Waals surface area contributed by atoms with Gasteiger partial charge in [0.2, 0.25) is 0 Å². The Kier molecular flexibility index (Phi) is 8.53. The van der Waals surface area contributed by atoms with Gasteiger partial charge in [0.15, 0.2) is 29.0 Å². The second-order valence-corrected chi connectivity index (χ2v) is 8.54. The molecule has 0 atom stereocenters. The van der Waals surface area contributed by atoms with Crippen LogP contribution in [0.3, 0.4) is 0 Å². The number of hydrogen-bond donors (Lipinski definition) is 0. The summed E-state index contributed by atoms with van der Waals surface area (Å²) in [5, 5.41) is 1.03. The third kappa shape index (κ3) is 6.53. The zero-order valence-electron chi connectivity index (χ0n) is 20.1. The third-order valence-corrected chi connectivity index (χ3v) is 5.89. The molecule has 0 radical (unpaired) electrons. The molecule has 0 amide bonds. The van der Waals surface area contributed by atoms with Crippen LogP contribution in [0.15, 0.2) is 54.9 Å². The molecule has 194 valence electrons. The molecule has 0 spiro atoms. The van der Waals surface area contributed by atoms with Crippen LogP contribution in [0.2, 0.25) is 0 Å². The number of unbranched alkanes of at least 4 members (excludes halogenated alkanes) is 2. The molecule has 0 aliphatic carbocycles. The average molecular weight is 517 g/mol. The van der Waals surface area contributed by atoms with E-state index in [-0.39, 0.29) is 18.4 Å². The minimum atomic E-state index is -3.35. The van der Waals surface area contributed by atoms with Crippen LogP contribution in [0.5, 0.6) is 11.5 Å². The Morgan fingerprint density at radius 3 is 2.27 bits per heavy atom. The summed E-state index contributed by atoms with van der Waals surface area (Å²) >= 11 is 0. The molecule has 4 aromatic rings. The van der Waals surface area contributed by atoms with Crippen molar-refractivity contribution in [2.75, 3.05) is 6.61 Å². The summed E-state index contributed by atoms with van der Waals surface area (Å²) in [4.78, 5) is 8.70. The molecular formula is C28H25F5N2O2. The van der Waals surface area contributed by atoms with Crippen LogP contribution < -0.4 is 9.47 Å². The van der Waals surface area contributed by atoms with E-state index < -0.39 is 29.8 Å². The van der Waals surface area contributed by atoms with Crippen molar-refractivity contribution in [3.8, 4) is 22.9 Å². The average Bonchev–Trinajstić information content (AvgIpc) is 2.88. The molecule has 37 heavy (non-hydrogen) atoms. The van der Waals surface area contributed by atoms with Crippen LogP contribution >= 0.6 is 0 Å². The number of benzene rings is 3. The Morgan fingerprint density at radius 2 is 1.59 bits per heavy atom. The number of fused-ring (bicyclic) bond motifs is 1. The summed E-state index contributed by atoms with van der Waals surface area (Å²) in [6, 6.07) is 10.3. The van der Waals surface area contributed by atoms with Crippen molar-refractivity contribution in [3.63, 3.8) is 0 Å². The monoisotopic (exact) mass is 516 g/mol. The Morgan fingerprint density at radius 1 is 0.865 bits per heavy atom. The van der Waals surface area contributed by atoms with E-state index in [1.165, 1.54) is 0 Å². The largest absolute Gasteiger partial charge is 0.490 e. The van der Waals surface area contributed by atoms with E-state index >= 15 is 4.39 Å². The van der Waals surface area contributed by atoms with E-state index in [4.69, 9.17) is 4.74 Å². The van der Waals surface area contributed by atoms with Crippen LogP contribution in [0, 0.1) is 17.5 Å². The van der Waals surface area contributed by atoms with Crippen LogP contribution in [-0.2, 0) is 12.8 Å². The van der Waals surface area contributed by atoms with Gasteiger partial charge in [0.25, 0.3) is 0 Å². The number of nitrogens with zero attached hydrogens (tertiary/aromatic N) is 2. The number of alkyl halides is 2. The fraction of sp³-hybridized carbons (Fsp3) is 0.286. The van der Waals surface area contributed by atoms with Gasteiger partial charge in [-0.05, 0) is 54.0 Å². The topological polar surface area (TPSA) is 44.2 Å². The van der Waals surface area contributed by atoms with Crippen molar-refractivity contribution in [2.45, 2.75) is 45.6 Å². The second-order valence-electron chi connectivity index (χ2n) is 8.54. The highest BCUT2D eigenvalue weighted by Gasteiger charge is 2.17. The molecule has 1 aromatic heterocycles. The Bertz CT molecular complexity index is 1340. The molecule has 0 unspecified atom stereocenters. The molecule has 0 saturated carbocycles. The molecule has 0 saturated heterocycles. The Hall–Kier alpha value is -3.75. The van der Waals surface area contributed by atoms with Crippen LogP contribution in [0.25, 0.3) is 22.2 Å². The van der Waals surface area contributed by atoms with Gasteiger partial charge < -0.3 is 9.47 Å². The van der Waals surface area contributed by atoms with Gasteiger partial charge in [-0.3, -0.25) is 0 Å². The van der Waals surface area contributed by atoms with Crippen molar-refractivity contribution >= 4 is 10.8 Å². The van der Waals surface area contributed by atoms with Gasteiger partial charge in [0.05, 0.1) is 19.0 Å². The number of rotatable bonds is 11. The van der Waals surface area contributed by atoms with E-state index in [2.05, 4.69) is 21.6 Å². The molecule has 1 heterocycles. The summed E-state index contributed by atoms with van der Waals surface area (Å²) in [6.45, 7) is -0.615. The molecule has 4 rings (SSSR count). The summed E-state index contributed by atoms with van der Waals surface area (Å²) in [5.74, 6) is -2.98. The predicted molar refractivity (Wildman–Crippen MR) is 130 cm³/mol. The number of hydrogen-bond acceptors (Lipinski definition) is 4. The normalized spacial score (nSPS) is 11.3. The summed E-state index contributed by atoms with van der Waals surface area (Å²) in [7, 11) is 0. The minimum absolute atomic E-state index is 0.101. The zero-order valence-corrected chi connectivity index (χ0v) is 20.1. The maximum absolute atomic E-state index is 15.2. The van der Waals surface area contributed by atoms with Gasteiger partial charge in [0, 0.05) is 10.9 Å². The Balaban J connectivity index is 1.46. The van der Waals surface area contributed by atoms with Crippen LogP contribution in [0.4, 0.5) is 22.0 Å². The van der Waals surface area contributed by atoms with Crippen molar-refractivity contribution in [1.82, 2.24) is 9.97 Å². The minimum Gasteiger partial charge on any atom is -0.490 e. The van der Waals surface area contributed by atoms with Gasteiger partial charge in [0.1, 0.15) is 5.82 Å². The lowest BCUT2D eigenvalue weighted by atomic mass is 9.98. The highest BCUT2D eigenvalue weighted by Crippen LogP contribution is 2.29. The highest BCUT2D eigenvalue weighted by molar-refractivity contribution is 5.87. The van der Waals surface area contributed by atoms with Crippen molar-refractivity contribution in [2.24, 2.45) is 0 Å². The third-order valence-electron chi connectivity index (χ3n) is 5.89. The van der Waals surface area contributed by atoms with E-state index in [0.29, 0.717) is 40.1 Å². The van der Waals surface area contributed by atoms with E-state index in [1.54, 1.807) is 42.7 Å². The van der Waals surface area contributed by atoms with Gasteiger partial charge in [-0.1, -0.05) is 44.0 Å². The van der Waals surface area contributed by atoms with Gasteiger partial charge in [-0.2, -0.15) is 8.78 Å². The van der Waals surface area contributed by atoms with E-state index in [1.807, 2.05) is 0 Å². The number of halogens is 5. The van der Waals surface area contributed by atoms with Crippen LogP contribution in [0.1, 0.15) is 37.3 Å². The van der Waals surface area contributed by atoms with Gasteiger partial charge in [-0.25, -0.2) is 23.1 Å². The first-order chi connectivity index (χ1) is 17.9. The first-order valence-electron chi connectivity index (χ1n) is 11.9. The Labute approximate surface area is 211 Å². The fourth-order valence-corrected chi connectivity index (χ4v) is 3.99.